The van der Waals surface area contributed by atoms with Crippen LogP contribution in [-0.2, 0) is 21.1 Å². The van der Waals surface area contributed by atoms with E-state index < -0.39 is 30.8 Å². The molecule has 2 atom stereocenters. The van der Waals surface area contributed by atoms with E-state index in [0.29, 0.717) is 11.1 Å². The lowest BCUT2D eigenvalue weighted by Gasteiger charge is -2.41. The molecule has 0 N–H and O–H groups in total. The number of benzene rings is 1. The first kappa shape index (κ1) is 24.4. The minimum atomic E-state index is -5.15. The molecule has 11 heteroatoms. The number of para-hydroxylation sites is 1. The quantitative estimate of drug-likeness (QED) is 0.535. The van der Waals surface area contributed by atoms with Crippen molar-refractivity contribution in [1.29, 1.82) is 0 Å². The van der Waals surface area contributed by atoms with Crippen LogP contribution in [0, 0.1) is 0 Å². The average molecular weight is 440 g/mol. The predicted molar refractivity (Wildman–Crippen MR) is 103 cm³/mol. The van der Waals surface area contributed by atoms with Gasteiger partial charge < -0.3 is 9.26 Å². The second kappa shape index (κ2) is 10.2. The summed E-state index contributed by atoms with van der Waals surface area (Å²) in [5.74, 6) is -1.95. The lowest BCUT2D eigenvalue weighted by molar-refractivity contribution is -0.180. The van der Waals surface area contributed by atoms with Gasteiger partial charge in [-0.05, 0) is 51.1 Å². The molecular formula is C17H24F3N2O4PS. The molecule has 0 aromatic heterocycles. The van der Waals surface area contributed by atoms with E-state index in [0.717, 1.165) is 4.67 Å². The van der Waals surface area contributed by atoms with Crippen molar-refractivity contribution in [3.8, 4) is 5.75 Å². The Balaban J connectivity index is 3.36. The first-order chi connectivity index (χ1) is 13.0. The number of alkyl halides is 3. The van der Waals surface area contributed by atoms with Crippen LogP contribution >= 0.6 is 6.57 Å². The molecule has 1 rings (SSSR count). The van der Waals surface area contributed by atoms with Crippen LogP contribution in [-0.4, -0.2) is 46.7 Å². The summed E-state index contributed by atoms with van der Waals surface area (Å²) in [7, 11) is 0. The third kappa shape index (κ3) is 5.93. The van der Waals surface area contributed by atoms with Gasteiger partial charge in [0.1, 0.15) is 5.75 Å². The fraction of sp³-hybridized carbons (Fsp3) is 0.529. The number of ether oxygens (including phenoxy) is 1. The molecule has 6 nitrogen and oxygen atoms in total. The Hall–Kier alpha value is -1.64. The summed E-state index contributed by atoms with van der Waals surface area (Å²) in [6.07, 6.45) is -6.27. The molecule has 0 aliphatic heterocycles. The monoisotopic (exact) mass is 440 g/mol. The van der Waals surface area contributed by atoms with Crippen molar-refractivity contribution < 1.29 is 32.0 Å². The maximum atomic E-state index is 13.1. The van der Waals surface area contributed by atoms with Gasteiger partial charge in [0.2, 0.25) is 0 Å². The van der Waals surface area contributed by atoms with Crippen LogP contribution in [0.5, 0.6) is 5.75 Å². The molecule has 28 heavy (non-hydrogen) atoms. The Labute approximate surface area is 167 Å². The van der Waals surface area contributed by atoms with Crippen LogP contribution in [0.25, 0.3) is 0 Å². The fourth-order valence-corrected chi connectivity index (χ4v) is 6.16. The zero-order valence-corrected chi connectivity index (χ0v) is 17.8. The molecule has 1 aromatic rings. The Morgan fingerprint density at radius 1 is 1.11 bits per heavy atom. The highest BCUT2D eigenvalue weighted by atomic mass is 32.5. The molecule has 0 spiro atoms. The smallest absolute Gasteiger partial charge is 0.410 e. The first-order valence-electron chi connectivity index (χ1n) is 8.73. The van der Waals surface area contributed by atoms with Gasteiger partial charge in [-0.2, -0.15) is 13.2 Å². The van der Waals surface area contributed by atoms with Crippen LogP contribution < -0.4 is 4.74 Å². The highest BCUT2D eigenvalue weighted by Gasteiger charge is 2.50. The van der Waals surface area contributed by atoms with Crippen molar-refractivity contribution in [3.05, 3.63) is 30.3 Å². The summed E-state index contributed by atoms with van der Waals surface area (Å²) in [6, 6.07) is 8.02. The Morgan fingerprint density at radius 3 is 2.07 bits per heavy atom. The van der Waals surface area contributed by atoms with Gasteiger partial charge in [-0.25, -0.2) is 9.46 Å². The van der Waals surface area contributed by atoms with E-state index in [2.05, 4.69) is 0 Å². The molecule has 0 fully saturated rings. The van der Waals surface area contributed by atoms with Crippen molar-refractivity contribution in [1.82, 2.24) is 9.34 Å². The lowest BCUT2D eigenvalue weighted by atomic mass is 10.3. The van der Waals surface area contributed by atoms with Gasteiger partial charge in [0.15, 0.2) is 0 Å². The number of nitrogens with zero attached hydrogens (tertiary/aromatic N) is 2. The Bertz CT molecular complexity index is 718. The zero-order valence-electron chi connectivity index (χ0n) is 16.1. The van der Waals surface area contributed by atoms with Gasteiger partial charge in [0.25, 0.3) is 6.57 Å². The summed E-state index contributed by atoms with van der Waals surface area (Å²) in [5.41, 5.74) is 0. The predicted octanol–water partition coefficient (Wildman–Crippen LogP) is 4.96. The average Bonchev–Trinajstić information content (AvgIpc) is 2.62. The summed E-state index contributed by atoms with van der Waals surface area (Å²) < 4.78 is 51.7. The van der Waals surface area contributed by atoms with E-state index in [1.807, 2.05) is 0 Å². The highest BCUT2D eigenvalue weighted by molar-refractivity contribution is 8.10. The third-order valence-corrected chi connectivity index (χ3v) is 7.94. The van der Waals surface area contributed by atoms with E-state index in [4.69, 9.17) is 21.1 Å². The fourth-order valence-electron chi connectivity index (χ4n) is 2.19. The van der Waals surface area contributed by atoms with E-state index >= 15 is 0 Å². The van der Waals surface area contributed by atoms with Crippen molar-refractivity contribution in [2.24, 2.45) is 0 Å². The number of halogens is 3. The second-order valence-corrected chi connectivity index (χ2v) is 9.31. The van der Waals surface area contributed by atoms with Crippen LogP contribution in [0.1, 0.15) is 34.1 Å². The molecule has 0 heterocycles. The molecule has 0 saturated carbocycles. The molecule has 2 unspecified atom stereocenters. The number of amides is 2. The van der Waals surface area contributed by atoms with Crippen LogP contribution in [0.2, 0.25) is 0 Å². The largest absolute Gasteiger partial charge is 0.471 e. The van der Waals surface area contributed by atoms with Gasteiger partial charge in [-0.3, -0.25) is 9.46 Å². The summed E-state index contributed by atoms with van der Waals surface area (Å²) >= 11 is 5.44. The van der Waals surface area contributed by atoms with Crippen LogP contribution in [0.15, 0.2) is 30.3 Å². The maximum absolute atomic E-state index is 13.1. The minimum Gasteiger partial charge on any atom is -0.410 e. The van der Waals surface area contributed by atoms with Gasteiger partial charge in [0.05, 0.1) is 6.10 Å². The highest BCUT2D eigenvalue weighted by Crippen LogP contribution is 2.57. The molecule has 158 valence electrons. The zero-order chi connectivity index (χ0) is 21.5. The SMILES string of the molecule is CCC(C)OP(=S)(N(CC)C(=O)Oc1ccccc1)N(CC)C(=O)C(F)(F)F. The second-order valence-electron chi connectivity index (χ2n) is 5.73. The molecule has 0 aliphatic rings. The number of rotatable bonds is 8. The van der Waals surface area contributed by atoms with E-state index in [9.17, 15) is 22.8 Å². The van der Waals surface area contributed by atoms with Gasteiger partial charge in [-0.1, -0.05) is 25.1 Å². The van der Waals surface area contributed by atoms with Gasteiger partial charge in [0, 0.05) is 13.1 Å². The van der Waals surface area contributed by atoms with Crippen molar-refractivity contribution in [3.63, 3.8) is 0 Å². The lowest BCUT2D eigenvalue weighted by Crippen LogP contribution is -2.46. The van der Waals surface area contributed by atoms with Crippen molar-refractivity contribution in [2.75, 3.05) is 13.1 Å². The maximum Gasteiger partial charge on any atom is 0.471 e. The van der Waals surface area contributed by atoms with Gasteiger partial charge >= 0.3 is 18.2 Å². The number of carbonyl (C=O) groups excluding carboxylic acids is 2. The third-order valence-electron chi connectivity index (χ3n) is 3.74. The Morgan fingerprint density at radius 2 is 1.64 bits per heavy atom. The number of hydrogen-bond acceptors (Lipinski definition) is 5. The van der Waals surface area contributed by atoms with Crippen LogP contribution in [0.3, 0.4) is 0 Å². The molecule has 1 aromatic carbocycles. The molecule has 0 radical (unpaired) electrons. The van der Waals surface area contributed by atoms with Crippen molar-refractivity contribution >= 4 is 30.4 Å². The van der Waals surface area contributed by atoms with Gasteiger partial charge in [-0.15, -0.1) is 0 Å². The summed E-state index contributed by atoms with van der Waals surface area (Å²) in [5, 5.41) is 0. The molecule has 2 amide bonds. The molecular weight excluding hydrogens is 416 g/mol. The number of hydrogen-bond donors (Lipinski definition) is 0. The molecule has 0 aliphatic carbocycles. The van der Waals surface area contributed by atoms with Crippen LogP contribution in [0.4, 0.5) is 18.0 Å². The topological polar surface area (TPSA) is 59.1 Å². The minimum absolute atomic E-state index is 0.0962. The standard InChI is InChI=1S/C17H24F3N2O4PS/c1-5-13(4)26-27(28,21(6-2)15(23)17(18,19)20)22(7-3)16(24)25-14-11-9-8-10-12-14/h8-13H,5-7H2,1-4H3. The van der Waals surface area contributed by atoms with E-state index in [-0.39, 0.29) is 18.8 Å². The molecule has 0 bridgehead atoms. The van der Waals surface area contributed by atoms with E-state index in [1.165, 1.54) is 26.0 Å². The molecule has 0 saturated heterocycles. The normalized spacial score (nSPS) is 14.7. The summed E-state index contributed by atoms with van der Waals surface area (Å²) in [4.78, 5) is 24.7. The first-order valence-corrected chi connectivity index (χ1v) is 11.4. The van der Waals surface area contributed by atoms with E-state index in [1.54, 1.807) is 32.0 Å². The van der Waals surface area contributed by atoms with Crippen molar-refractivity contribution in [2.45, 2.75) is 46.4 Å². The summed E-state index contributed by atoms with van der Waals surface area (Å²) in [6.45, 7) is 1.87. The number of carbonyl (C=O) groups is 2. The Kier molecular flexibility index (Phi) is 8.91.